The molecule has 0 aliphatic carbocycles. The van der Waals surface area contributed by atoms with Gasteiger partial charge in [0.05, 0.1) is 5.69 Å². The lowest BCUT2D eigenvalue weighted by atomic mass is 10.3. The topological polar surface area (TPSA) is 95.8 Å². The minimum absolute atomic E-state index is 0.157. The maximum Gasteiger partial charge on any atom is 0.219 e. The molecule has 0 aliphatic rings. The average molecular weight is 324 g/mol. The third-order valence-electron chi connectivity index (χ3n) is 3.04. The second-order valence-electron chi connectivity index (χ2n) is 4.98. The van der Waals surface area contributed by atoms with Crippen LogP contribution in [-0.2, 0) is 11.4 Å². The third kappa shape index (κ3) is 4.10. The molecule has 0 amide bonds. The van der Waals surface area contributed by atoms with Crippen LogP contribution in [0.1, 0.15) is 17.0 Å². The van der Waals surface area contributed by atoms with Crippen LogP contribution in [0.25, 0.3) is 0 Å². The fraction of sp³-hybridized carbons (Fsp3) is 0.118. The van der Waals surface area contributed by atoms with Gasteiger partial charge < -0.3 is 19.8 Å². The van der Waals surface area contributed by atoms with Crippen LogP contribution < -0.4 is 10.5 Å². The van der Waals surface area contributed by atoms with Crippen LogP contribution in [0.4, 0.5) is 0 Å². The average Bonchev–Trinajstić information content (AvgIpc) is 3.02. The van der Waals surface area contributed by atoms with Crippen molar-refractivity contribution in [2.45, 2.75) is 13.5 Å². The highest BCUT2D eigenvalue weighted by atomic mass is 16.6. The monoisotopic (exact) mass is 324 g/mol. The molecule has 24 heavy (non-hydrogen) atoms. The predicted octanol–water partition coefficient (Wildman–Crippen LogP) is 3.01. The molecular formula is C17H16N4O3. The van der Waals surface area contributed by atoms with Crippen molar-refractivity contribution in [2.75, 3.05) is 0 Å². The molecule has 7 heteroatoms. The molecule has 3 rings (SSSR count). The lowest BCUT2D eigenvalue weighted by molar-refractivity contribution is 0.109. The van der Waals surface area contributed by atoms with Gasteiger partial charge in [0.15, 0.2) is 18.2 Å². The smallest absolute Gasteiger partial charge is 0.219 e. The van der Waals surface area contributed by atoms with E-state index >= 15 is 0 Å². The van der Waals surface area contributed by atoms with Gasteiger partial charge in [-0.1, -0.05) is 28.5 Å². The van der Waals surface area contributed by atoms with Gasteiger partial charge in [-0.05, 0) is 25.1 Å². The number of hydrogen-bond acceptors (Lipinski definition) is 6. The Hall–Kier alpha value is -3.35. The summed E-state index contributed by atoms with van der Waals surface area (Å²) in [6.07, 6.45) is 1.57. The van der Waals surface area contributed by atoms with E-state index in [1.165, 1.54) is 0 Å². The lowest BCUT2D eigenvalue weighted by Crippen LogP contribution is -2.14. The lowest BCUT2D eigenvalue weighted by Gasteiger charge is -2.05. The predicted molar refractivity (Wildman–Crippen MR) is 87.5 cm³/mol. The number of aryl methyl sites for hydroxylation is 1. The molecule has 0 aliphatic heterocycles. The first-order valence-electron chi connectivity index (χ1n) is 7.27. The maximum absolute atomic E-state index is 5.86. The number of ether oxygens (including phenoxy) is 1. The molecule has 0 saturated heterocycles. The molecule has 0 fully saturated rings. The summed E-state index contributed by atoms with van der Waals surface area (Å²) in [5, 5.41) is 7.60. The van der Waals surface area contributed by atoms with E-state index in [0.717, 1.165) is 5.69 Å². The number of para-hydroxylation sites is 1. The first-order chi connectivity index (χ1) is 11.7. The Labute approximate surface area is 138 Å². The zero-order chi connectivity index (χ0) is 16.8. The van der Waals surface area contributed by atoms with Crippen LogP contribution in [0, 0.1) is 6.92 Å². The third-order valence-corrected chi connectivity index (χ3v) is 3.04. The quantitative estimate of drug-likeness (QED) is 0.425. The van der Waals surface area contributed by atoms with Crippen molar-refractivity contribution in [3.05, 3.63) is 71.7 Å². The number of aromatic nitrogens is 2. The molecule has 1 aromatic carbocycles. The second-order valence-corrected chi connectivity index (χ2v) is 4.98. The molecule has 0 atom stereocenters. The molecule has 2 heterocycles. The molecule has 2 aromatic heterocycles. The van der Waals surface area contributed by atoms with Gasteiger partial charge in [0.25, 0.3) is 0 Å². The number of amidine groups is 1. The second kappa shape index (κ2) is 7.28. The van der Waals surface area contributed by atoms with Crippen molar-refractivity contribution in [3.63, 3.8) is 0 Å². The van der Waals surface area contributed by atoms with Crippen LogP contribution in [0.2, 0.25) is 0 Å². The SMILES string of the molecule is Cc1cc(CON=C(N)c2ccc(Oc3ccccc3)nc2)on1. The zero-order valence-electron chi connectivity index (χ0n) is 13.0. The molecule has 0 spiro atoms. The highest BCUT2D eigenvalue weighted by Crippen LogP contribution is 2.18. The summed E-state index contributed by atoms with van der Waals surface area (Å²) < 4.78 is 10.6. The molecule has 3 aromatic rings. The molecule has 0 unspecified atom stereocenters. The largest absolute Gasteiger partial charge is 0.439 e. The zero-order valence-corrected chi connectivity index (χ0v) is 13.0. The van der Waals surface area contributed by atoms with Crippen LogP contribution >= 0.6 is 0 Å². The normalized spacial score (nSPS) is 11.3. The van der Waals surface area contributed by atoms with Gasteiger partial charge in [-0.2, -0.15) is 0 Å². The summed E-state index contributed by atoms with van der Waals surface area (Å²) in [7, 11) is 0. The van der Waals surface area contributed by atoms with Gasteiger partial charge in [0.1, 0.15) is 5.75 Å². The van der Waals surface area contributed by atoms with Gasteiger partial charge in [-0.3, -0.25) is 0 Å². The number of nitrogens with two attached hydrogens (primary N) is 1. The Kier molecular flexibility index (Phi) is 4.71. The first-order valence-corrected chi connectivity index (χ1v) is 7.27. The summed E-state index contributed by atoms with van der Waals surface area (Å²) in [5.74, 6) is 1.97. The van der Waals surface area contributed by atoms with E-state index in [-0.39, 0.29) is 12.4 Å². The van der Waals surface area contributed by atoms with Gasteiger partial charge >= 0.3 is 0 Å². The molecular weight excluding hydrogens is 308 g/mol. The van der Waals surface area contributed by atoms with E-state index in [9.17, 15) is 0 Å². The van der Waals surface area contributed by atoms with E-state index in [0.29, 0.717) is 23.0 Å². The Morgan fingerprint density at radius 2 is 2.04 bits per heavy atom. The molecule has 122 valence electrons. The Morgan fingerprint density at radius 3 is 2.71 bits per heavy atom. The van der Waals surface area contributed by atoms with E-state index in [1.807, 2.05) is 37.3 Å². The van der Waals surface area contributed by atoms with Gasteiger partial charge in [-0.15, -0.1) is 0 Å². The number of nitrogens with zero attached hydrogens (tertiary/aromatic N) is 3. The molecule has 7 nitrogen and oxygen atoms in total. The van der Waals surface area contributed by atoms with E-state index in [4.69, 9.17) is 19.8 Å². The number of oxime groups is 1. The fourth-order valence-corrected chi connectivity index (χ4v) is 1.90. The number of pyridine rings is 1. The first kappa shape index (κ1) is 15.5. The standard InChI is InChI=1S/C17H16N4O3/c1-12-9-15(24-20-12)11-22-21-17(18)13-7-8-16(19-10-13)23-14-5-3-2-4-6-14/h2-10H,11H2,1H3,(H2,18,21). The van der Waals surface area contributed by atoms with E-state index in [2.05, 4.69) is 15.3 Å². The summed E-state index contributed by atoms with van der Waals surface area (Å²) in [5.41, 5.74) is 7.28. The van der Waals surface area contributed by atoms with E-state index in [1.54, 1.807) is 24.4 Å². The molecule has 0 bridgehead atoms. The fourth-order valence-electron chi connectivity index (χ4n) is 1.90. The van der Waals surface area contributed by atoms with Gasteiger partial charge in [0.2, 0.25) is 5.88 Å². The van der Waals surface area contributed by atoms with Crippen molar-refractivity contribution < 1.29 is 14.1 Å². The molecule has 0 saturated carbocycles. The summed E-state index contributed by atoms with van der Waals surface area (Å²) in [6.45, 7) is 1.99. The van der Waals surface area contributed by atoms with Crippen molar-refractivity contribution in [1.82, 2.24) is 10.1 Å². The van der Waals surface area contributed by atoms with Crippen molar-refractivity contribution in [2.24, 2.45) is 10.9 Å². The van der Waals surface area contributed by atoms with Crippen molar-refractivity contribution >= 4 is 5.84 Å². The van der Waals surface area contributed by atoms with Gasteiger partial charge in [-0.25, -0.2) is 4.98 Å². The van der Waals surface area contributed by atoms with Crippen LogP contribution in [0.3, 0.4) is 0 Å². The van der Waals surface area contributed by atoms with Gasteiger partial charge in [0, 0.05) is 23.9 Å². The number of rotatable bonds is 6. The Morgan fingerprint density at radius 1 is 1.21 bits per heavy atom. The minimum atomic E-state index is 0.157. The summed E-state index contributed by atoms with van der Waals surface area (Å²) in [6, 6.07) is 14.6. The summed E-state index contributed by atoms with van der Waals surface area (Å²) >= 11 is 0. The Balaban J connectivity index is 1.58. The van der Waals surface area contributed by atoms with Crippen LogP contribution in [0.15, 0.2) is 64.4 Å². The van der Waals surface area contributed by atoms with Crippen molar-refractivity contribution in [1.29, 1.82) is 0 Å². The van der Waals surface area contributed by atoms with Crippen LogP contribution in [0.5, 0.6) is 11.6 Å². The molecule has 0 radical (unpaired) electrons. The number of hydrogen-bond donors (Lipinski definition) is 1. The molecule has 2 N–H and O–H groups in total. The van der Waals surface area contributed by atoms with Crippen molar-refractivity contribution in [3.8, 4) is 11.6 Å². The highest BCUT2D eigenvalue weighted by molar-refractivity contribution is 5.96. The highest BCUT2D eigenvalue weighted by Gasteiger charge is 2.04. The Bertz CT molecular complexity index is 813. The number of benzene rings is 1. The summed E-state index contributed by atoms with van der Waals surface area (Å²) in [4.78, 5) is 9.34. The van der Waals surface area contributed by atoms with Crippen LogP contribution in [-0.4, -0.2) is 16.0 Å². The maximum atomic E-state index is 5.86. The minimum Gasteiger partial charge on any atom is -0.439 e. The van der Waals surface area contributed by atoms with E-state index < -0.39 is 0 Å².